The molecule has 1 unspecified atom stereocenters. The lowest BCUT2D eigenvalue weighted by molar-refractivity contribution is -0.133. The Balaban J connectivity index is 2.78. The van der Waals surface area contributed by atoms with Crippen LogP contribution in [-0.4, -0.2) is 39.2 Å². The van der Waals surface area contributed by atoms with E-state index < -0.39 is 21.7 Å². The van der Waals surface area contributed by atoms with Crippen LogP contribution in [0.15, 0.2) is 0 Å². The monoisotopic (exact) mass is 219 g/mol. The first-order chi connectivity index (χ1) is 6.45. The Hall–Kier alpha value is -0.950. The third kappa shape index (κ3) is 2.52. The maximum Gasteiger partial charge on any atom is 0.241 e. The minimum absolute atomic E-state index is 0.131. The van der Waals surface area contributed by atoms with Gasteiger partial charge in [0.2, 0.25) is 11.8 Å². The summed E-state index contributed by atoms with van der Waals surface area (Å²) in [6.07, 6.45) is 0.592. The van der Waals surface area contributed by atoms with Gasteiger partial charge in [-0.25, -0.2) is 8.99 Å². The van der Waals surface area contributed by atoms with Crippen molar-refractivity contribution in [3.05, 3.63) is 0 Å². The molecule has 0 radical (unpaired) electrons. The Labute approximate surface area is 82.8 Å². The molecule has 1 aliphatic heterocycles. The molecule has 1 saturated heterocycles. The lowest BCUT2D eigenvalue weighted by Crippen LogP contribution is -2.53. The molecule has 2 N–H and O–H groups in total. The molecule has 0 aliphatic carbocycles. The Morgan fingerprint density at radius 3 is 2.36 bits per heavy atom. The number of amides is 2. The molecule has 1 atom stereocenters. The van der Waals surface area contributed by atoms with Gasteiger partial charge in [-0.1, -0.05) is 6.92 Å². The largest absolute Gasteiger partial charge is 0.294 e. The summed E-state index contributed by atoms with van der Waals surface area (Å²) in [5.41, 5.74) is 0. The van der Waals surface area contributed by atoms with Gasteiger partial charge >= 0.3 is 0 Å². The summed E-state index contributed by atoms with van der Waals surface area (Å²) in [6.45, 7) is 1.54. The van der Waals surface area contributed by atoms with E-state index in [1.165, 1.54) is 0 Å². The lowest BCUT2D eigenvalue weighted by Gasteiger charge is -2.26. The average Bonchev–Trinajstić information content (AvgIpc) is 2.02. The van der Waals surface area contributed by atoms with Gasteiger partial charge in [-0.2, -0.15) is 4.31 Å². The van der Waals surface area contributed by atoms with E-state index in [1.807, 2.05) is 0 Å². The van der Waals surface area contributed by atoms with Gasteiger partial charge in [0, 0.05) is 5.75 Å². The first-order valence-electron chi connectivity index (χ1n) is 4.30. The van der Waals surface area contributed by atoms with Crippen LogP contribution in [0, 0.1) is 4.78 Å². The number of imide groups is 1. The zero-order chi connectivity index (χ0) is 10.8. The van der Waals surface area contributed by atoms with E-state index in [-0.39, 0.29) is 18.8 Å². The van der Waals surface area contributed by atoms with Crippen molar-refractivity contribution in [1.82, 2.24) is 9.62 Å². The predicted molar refractivity (Wildman–Crippen MR) is 50.7 cm³/mol. The maximum absolute atomic E-state index is 11.7. The molecule has 7 heteroatoms. The van der Waals surface area contributed by atoms with E-state index >= 15 is 0 Å². The fourth-order valence-corrected chi connectivity index (χ4v) is 2.69. The quantitative estimate of drug-likeness (QED) is 0.616. The average molecular weight is 219 g/mol. The summed E-state index contributed by atoms with van der Waals surface area (Å²) in [5, 5.41) is 2.10. The Morgan fingerprint density at radius 2 is 1.93 bits per heavy atom. The summed E-state index contributed by atoms with van der Waals surface area (Å²) in [7, 11) is -2.95. The van der Waals surface area contributed by atoms with Gasteiger partial charge in [-0.3, -0.25) is 14.9 Å². The normalized spacial score (nSPS) is 22.9. The molecule has 1 aliphatic rings. The highest BCUT2D eigenvalue weighted by Gasteiger charge is 2.28. The smallest absolute Gasteiger partial charge is 0.241 e. The predicted octanol–water partition coefficient (Wildman–Crippen LogP) is -0.683. The summed E-state index contributed by atoms with van der Waals surface area (Å²) < 4.78 is 20.4. The van der Waals surface area contributed by atoms with Gasteiger partial charge in [-0.05, 0) is 6.42 Å². The van der Waals surface area contributed by atoms with Crippen LogP contribution in [-0.2, 0) is 19.5 Å². The number of rotatable bonds is 3. The number of nitrogens with zero attached hydrogens (tertiary/aromatic N) is 1. The van der Waals surface area contributed by atoms with E-state index in [9.17, 15) is 13.8 Å². The second-order valence-electron chi connectivity index (χ2n) is 3.11. The third-order valence-electron chi connectivity index (χ3n) is 1.82. The Morgan fingerprint density at radius 1 is 1.43 bits per heavy atom. The molecule has 0 aromatic heterocycles. The van der Waals surface area contributed by atoms with Gasteiger partial charge in [0.05, 0.1) is 13.1 Å². The van der Waals surface area contributed by atoms with Gasteiger partial charge in [0.25, 0.3) is 0 Å². The van der Waals surface area contributed by atoms with Crippen LogP contribution in [0.4, 0.5) is 0 Å². The SMILES string of the molecule is CCCS(=N)(=O)N1CC(=O)NC(=O)C1. The summed E-state index contributed by atoms with van der Waals surface area (Å²) in [6, 6.07) is 0. The summed E-state index contributed by atoms with van der Waals surface area (Å²) in [4.78, 5) is 21.9. The van der Waals surface area contributed by atoms with Gasteiger partial charge in [-0.15, -0.1) is 0 Å². The molecular formula is C7H13N3O3S. The minimum atomic E-state index is -2.95. The van der Waals surface area contributed by atoms with Crippen molar-refractivity contribution >= 4 is 21.7 Å². The zero-order valence-electron chi connectivity index (χ0n) is 7.91. The van der Waals surface area contributed by atoms with Crippen molar-refractivity contribution in [3.8, 4) is 0 Å². The highest BCUT2D eigenvalue weighted by molar-refractivity contribution is 7.90. The molecule has 1 rings (SSSR count). The molecule has 0 spiro atoms. The molecule has 1 fully saturated rings. The van der Waals surface area contributed by atoms with Crippen molar-refractivity contribution in [2.45, 2.75) is 13.3 Å². The second-order valence-corrected chi connectivity index (χ2v) is 5.32. The van der Waals surface area contributed by atoms with E-state index in [0.29, 0.717) is 6.42 Å². The maximum atomic E-state index is 11.7. The minimum Gasteiger partial charge on any atom is -0.294 e. The molecule has 6 nitrogen and oxygen atoms in total. The van der Waals surface area contributed by atoms with E-state index in [0.717, 1.165) is 4.31 Å². The summed E-state index contributed by atoms with van der Waals surface area (Å²) in [5.74, 6) is -0.789. The Kier molecular flexibility index (Phi) is 3.22. The lowest BCUT2D eigenvalue weighted by atomic mass is 10.4. The van der Waals surface area contributed by atoms with Crippen LogP contribution >= 0.6 is 0 Å². The van der Waals surface area contributed by atoms with Crippen molar-refractivity contribution in [1.29, 1.82) is 4.78 Å². The van der Waals surface area contributed by atoms with Crippen LogP contribution in [0.5, 0.6) is 0 Å². The van der Waals surface area contributed by atoms with Gasteiger partial charge in [0.15, 0.2) is 0 Å². The highest BCUT2D eigenvalue weighted by atomic mass is 32.2. The fraction of sp³-hybridized carbons (Fsp3) is 0.714. The first kappa shape index (κ1) is 11.1. The van der Waals surface area contributed by atoms with E-state index in [4.69, 9.17) is 4.78 Å². The molecule has 14 heavy (non-hydrogen) atoms. The Bertz CT molecular complexity index is 333. The van der Waals surface area contributed by atoms with Crippen molar-refractivity contribution in [2.24, 2.45) is 0 Å². The number of carbonyl (C=O) groups is 2. The van der Waals surface area contributed by atoms with E-state index in [1.54, 1.807) is 6.92 Å². The number of carbonyl (C=O) groups excluding carboxylic acids is 2. The molecule has 1 heterocycles. The van der Waals surface area contributed by atoms with Crippen LogP contribution in [0.25, 0.3) is 0 Å². The van der Waals surface area contributed by atoms with Crippen molar-refractivity contribution in [2.75, 3.05) is 18.8 Å². The molecule has 80 valence electrons. The molecule has 0 bridgehead atoms. The van der Waals surface area contributed by atoms with E-state index in [2.05, 4.69) is 5.32 Å². The first-order valence-corrected chi connectivity index (χ1v) is 5.98. The zero-order valence-corrected chi connectivity index (χ0v) is 8.73. The topological polar surface area (TPSA) is 90.3 Å². The van der Waals surface area contributed by atoms with Crippen LogP contribution in [0.3, 0.4) is 0 Å². The molecular weight excluding hydrogens is 206 g/mol. The van der Waals surface area contributed by atoms with Crippen LogP contribution < -0.4 is 5.32 Å². The third-order valence-corrected chi connectivity index (χ3v) is 3.87. The van der Waals surface area contributed by atoms with Crippen molar-refractivity contribution in [3.63, 3.8) is 0 Å². The molecule has 2 amide bonds. The number of piperazine rings is 1. The second kappa shape index (κ2) is 4.05. The number of nitrogens with one attached hydrogen (secondary N) is 2. The van der Waals surface area contributed by atoms with Gasteiger partial charge in [0.1, 0.15) is 9.92 Å². The number of hydrogen-bond acceptors (Lipinski definition) is 4. The summed E-state index contributed by atoms with van der Waals surface area (Å²) >= 11 is 0. The van der Waals surface area contributed by atoms with Crippen molar-refractivity contribution < 1.29 is 13.8 Å². The number of hydrogen-bond donors (Lipinski definition) is 2. The molecule has 0 aromatic rings. The van der Waals surface area contributed by atoms with Gasteiger partial charge < -0.3 is 0 Å². The molecule has 0 saturated carbocycles. The van der Waals surface area contributed by atoms with Crippen LogP contribution in [0.2, 0.25) is 0 Å². The fourth-order valence-electron chi connectivity index (χ4n) is 1.23. The highest BCUT2D eigenvalue weighted by Crippen LogP contribution is 2.06. The standard InChI is InChI=1S/C7H13N3O3S/c1-2-3-14(8,13)10-4-6(11)9-7(12)5-10/h8H,2-5H2,1H3,(H,9,11,12). The van der Waals surface area contributed by atoms with Crippen LogP contribution in [0.1, 0.15) is 13.3 Å². The molecule has 0 aromatic carbocycles.